The first-order valence-corrected chi connectivity index (χ1v) is 10.5. The molecule has 3 rings (SSSR count). The lowest BCUT2D eigenvalue weighted by molar-refractivity contribution is -0.159. The summed E-state index contributed by atoms with van der Waals surface area (Å²) in [4.78, 5) is 24.4. The number of carbonyl (C=O) groups is 2. The molecule has 2 aromatic carbocycles. The number of halogens is 1. The van der Waals surface area contributed by atoms with Gasteiger partial charge in [0.05, 0.1) is 24.3 Å². The van der Waals surface area contributed by atoms with Gasteiger partial charge in [-0.15, -0.1) is 0 Å². The van der Waals surface area contributed by atoms with E-state index in [0.29, 0.717) is 48.1 Å². The molecule has 1 heterocycles. The molecule has 166 valence electrons. The zero-order valence-electron chi connectivity index (χ0n) is 17.6. The standard InChI is InChI=1S/C23H26ClNO6/c1-3-30-17-6-7-18(19(24)12-17)21(26)25-14-16-11-15(5-8-20(16)29-2)13-23(22(27)28)9-4-10-31-23/h5-8,11-12H,3-4,9-10,13-14H2,1-2H3,(H,25,26)(H,27,28). The summed E-state index contributed by atoms with van der Waals surface area (Å²) >= 11 is 6.23. The van der Waals surface area contributed by atoms with Crippen molar-refractivity contribution >= 4 is 23.5 Å². The van der Waals surface area contributed by atoms with Crippen molar-refractivity contribution in [1.29, 1.82) is 0 Å². The number of hydrogen-bond donors (Lipinski definition) is 2. The summed E-state index contributed by atoms with van der Waals surface area (Å²) in [5.41, 5.74) is 0.664. The molecule has 1 saturated heterocycles. The number of aliphatic carboxylic acids is 1. The molecule has 1 amide bonds. The van der Waals surface area contributed by atoms with Gasteiger partial charge in [0, 0.05) is 25.1 Å². The molecule has 31 heavy (non-hydrogen) atoms. The minimum Gasteiger partial charge on any atom is -0.496 e. The van der Waals surface area contributed by atoms with Gasteiger partial charge in [0.1, 0.15) is 11.5 Å². The first kappa shape index (κ1) is 22.9. The third kappa shape index (κ3) is 5.29. The predicted octanol–water partition coefficient (Wildman–Crippen LogP) is 3.85. The Kier molecular flexibility index (Phi) is 7.41. The fourth-order valence-corrected chi connectivity index (χ4v) is 3.95. The fraction of sp³-hybridized carbons (Fsp3) is 0.391. The predicted molar refractivity (Wildman–Crippen MR) is 116 cm³/mol. The third-order valence-electron chi connectivity index (χ3n) is 5.26. The van der Waals surface area contributed by atoms with Gasteiger partial charge in [0.15, 0.2) is 5.60 Å². The van der Waals surface area contributed by atoms with E-state index in [-0.39, 0.29) is 18.9 Å². The lowest BCUT2D eigenvalue weighted by Crippen LogP contribution is -2.40. The normalized spacial score (nSPS) is 17.9. The van der Waals surface area contributed by atoms with Crippen LogP contribution in [0.3, 0.4) is 0 Å². The molecule has 2 N–H and O–H groups in total. The summed E-state index contributed by atoms with van der Waals surface area (Å²) in [6.45, 7) is 3.01. The van der Waals surface area contributed by atoms with Crippen LogP contribution in [0.1, 0.15) is 41.3 Å². The van der Waals surface area contributed by atoms with Gasteiger partial charge in [0.2, 0.25) is 0 Å². The first-order chi connectivity index (χ1) is 14.9. The van der Waals surface area contributed by atoms with E-state index in [0.717, 1.165) is 11.1 Å². The van der Waals surface area contributed by atoms with Crippen LogP contribution in [-0.2, 0) is 22.5 Å². The van der Waals surface area contributed by atoms with Crippen LogP contribution < -0.4 is 14.8 Å². The SMILES string of the molecule is CCOc1ccc(C(=O)NCc2cc(CC3(C(=O)O)CCCO3)ccc2OC)c(Cl)c1. The molecule has 1 unspecified atom stereocenters. The van der Waals surface area contributed by atoms with Crippen LogP contribution in [0.25, 0.3) is 0 Å². The molecule has 0 aromatic heterocycles. The van der Waals surface area contributed by atoms with Gasteiger partial charge in [-0.3, -0.25) is 4.79 Å². The minimum absolute atomic E-state index is 0.195. The average molecular weight is 448 g/mol. The number of ether oxygens (including phenoxy) is 3. The lowest BCUT2D eigenvalue weighted by atomic mass is 9.91. The average Bonchev–Trinajstić information content (AvgIpc) is 3.22. The van der Waals surface area contributed by atoms with Crippen LogP contribution in [0.5, 0.6) is 11.5 Å². The Hall–Kier alpha value is -2.77. The number of carbonyl (C=O) groups excluding carboxylic acids is 1. The molecule has 0 spiro atoms. The lowest BCUT2D eigenvalue weighted by Gasteiger charge is -2.24. The summed E-state index contributed by atoms with van der Waals surface area (Å²) in [7, 11) is 1.54. The number of carboxylic acid groups (broad SMARTS) is 1. The van der Waals surface area contributed by atoms with E-state index in [9.17, 15) is 14.7 Å². The van der Waals surface area contributed by atoms with E-state index < -0.39 is 11.6 Å². The number of benzene rings is 2. The number of rotatable bonds is 9. The minimum atomic E-state index is -1.20. The van der Waals surface area contributed by atoms with Crippen LogP contribution in [0.15, 0.2) is 36.4 Å². The first-order valence-electron chi connectivity index (χ1n) is 10.1. The Morgan fingerprint density at radius 2 is 2.06 bits per heavy atom. The molecule has 0 aliphatic carbocycles. The molecule has 8 heteroatoms. The fourth-order valence-electron chi connectivity index (χ4n) is 3.70. The van der Waals surface area contributed by atoms with Crippen molar-refractivity contribution < 1.29 is 28.9 Å². The van der Waals surface area contributed by atoms with Crippen LogP contribution in [0, 0.1) is 0 Å². The third-order valence-corrected chi connectivity index (χ3v) is 5.58. The second-order valence-corrected chi connectivity index (χ2v) is 7.74. The van der Waals surface area contributed by atoms with Crippen molar-refractivity contribution in [2.45, 2.75) is 38.3 Å². The Morgan fingerprint density at radius 3 is 2.68 bits per heavy atom. The van der Waals surface area contributed by atoms with Gasteiger partial charge in [-0.05, 0) is 49.6 Å². The highest BCUT2D eigenvalue weighted by Gasteiger charge is 2.43. The zero-order chi connectivity index (χ0) is 22.4. The molecule has 0 saturated carbocycles. The van der Waals surface area contributed by atoms with Gasteiger partial charge >= 0.3 is 5.97 Å². The molecule has 1 atom stereocenters. The van der Waals surface area contributed by atoms with Crippen LogP contribution >= 0.6 is 11.6 Å². The van der Waals surface area contributed by atoms with Crippen molar-refractivity contribution in [2.75, 3.05) is 20.3 Å². The monoisotopic (exact) mass is 447 g/mol. The number of hydrogen-bond acceptors (Lipinski definition) is 5. The van der Waals surface area contributed by atoms with E-state index in [1.54, 1.807) is 31.4 Å². The van der Waals surface area contributed by atoms with Gasteiger partial charge in [-0.1, -0.05) is 23.7 Å². The highest BCUT2D eigenvalue weighted by Crippen LogP contribution is 2.31. The Labute approximate surface area is 186 Å². The van der Waals surface area contributed by atoms with Gasteiger partial charge in [-0.25, -0.2) is 4.79 Å². The molecular formula is C23H26ClNO6. The van der Waals surface area contributed by atoms with Gasteiger partial charge < -0.3 is 24.6 Å². The highest BCUT2D eigenvalue weighted by atomic mass is 35.5. The van der Waals surface area contributed by atoms with Crippen LogP contribution in [-0.4, -0.2) is 42.9 Å². The second kappa shape index (κ2) is 10.0. The van der Waals surface area contributed by atoms with E-state index in [1.165, 1.54) is 0 Å². The topological polar surface area (TPSA) is 94.1 Å². The molecule has 1 aliphatic heterocycles. The molecule has 1 aliphatic rings. The van der Waals surface area contributed by atoms with E-state index in [1.807, 2.05) is 19.1 Å². The van der Waals surface area contributed by atoms with Gasteiger partial charge in [-0.2, -0.15) is 0 Å². The zero-order valence-corrected chi connectivity index (χ0v) is 18.3. The summed E-state index contributed by atoms with van der Waals surface area (Å²) in [5.74, 6) is -0.0964. The summed E-state index contributed by atoms with van der Waals surface area (Å²) < 4.78 is 16.4. The van der Waals surface area contributed by atoms with Crippen molar-refractivity contribution in [2.24, 2.45) is 0 Å². The summed E-state index contributed by atoms with van der Waals surface area (Å²) in [6.07, 6.45) is 1.43. The molecule has 0 bridgehead atoms. The maximum absolute atomic E-state index is 12.6. The molecule has 0 radical (unpaired) electrons. The summed E-state index contributed by atoms with van der Waals surface area (Å²) in [5, 5.41) is 12.8. The highest BCUT2D eigenvalue weighted by molar-refractivity contribution is 6.34. The number of amides is 1. The molecule has 2 aromatic rings. The van der Waals surface area contributed by atoms with Crippen LogP contribution in [0.4, 0.5) is 0 Å². The van der Waals surface area contributed by atoms with Crippen molar-refractivity contribution in [3.63, 3.8) is 0 Å². The largest absolute Gasteiger partial charge is 0.496 e. The van der Waals surface area contributed by atoms with Crippen molar-refractivity contribution in [1.82, 2.24) is 5.32 Å². The molecular weight excluding hydrogens is 422 g/mol. The Bertz CT molecular complexity index is 955. The quantitative estimate of drug-likeness (QED) is 0.606. The Balaban J connectivity index is 1.74. The van der Waals surface area contributed by atoms with Crippen LogP contribution in [0.2, 0.25) is 5.02 Å². The smallest absolute Gasteiger partial charge is 0.336 e. The molecule has 1 fully saturated rings. The van der Waals surface area contributed by atoms with E-state index in [2.05, 4.69) is 5.32 Å². The summed E-state index contributed by atoms with van der Waals surface area (Å²) in [6, 6.07) is 10.3. The van der Waals surface area contributed by atoms with Crippen molar-refractivity contribution in [3.8, 4) is 11.5 Å². The van der Waals surface area contributed by atoms with Crippen molar-refractivity contribution in [3.05, 3.63) is 58.1 Å². The molecule has 7 nitrogen and oxygen atoms in total. The van der Waals surface area contributed by atoms with E-state index >= 15 is 0 Å². The number of nitrogens with one attached hydrogen (secondary N) is 1. The number of methoxy groups -OCH3 is 1. The number of carboxylic acids is 1. The second-order valence-electron chi connectivity index (χ2n) is 7.33. The maximum Gasteiger partial charge on any atom is 0.336 e. The Morgan fingerprint density at radius 1 is 1.26 bits per heavy atom. The van der Waals surface area contributed by atoms with Gasteiger partial charge in [0.25, 0.3) is 5.91 Å². The van der Waals surface area contributed by atoms with E-state index in [4.69, 9.17) is 25.8 Å². The maximum atomic E-state index is 12.6.